The summed E-state index contributed by atoms with van der Waals surface area (Å²) < 4.78 is 7.33. The Labute approximate surface area is 136 Å². The Hall–Kier alpha value is -2.50. The maximum atomic E-state index is 12.2. The normalized spacial score (nSPS) is 11.8. The van der Waals surface area contributed by atoms with E-state index in [0.717, 1.165) is 24.2 Å². The summed E-state index contributed by atoms with van der Waals surface area (Å²) in [6.07, 6.45) is 5.56. The molecule has 23 heavy (non-hydrogen) atoms. The first kappa shape index (κ1) is 16.9. The van der Waals surface area contributed by atoms with Crippen molar-refractivity contribution in [3.63, 3.8) is 0 Å². The van der Waals surface area contributed by atoms with Crippen molar-refractivity contribution < 1.29 is 9.53 Å². The molecular formula is C17H24N4O2. The molecule has 0 saturated carbocycles. The van der Waals surface area contributed by atoms with Crippen molar-refractivity contribution in [2.24, 2.45) is 7.05 Å². The molecule has 1 atom stereocenters. The van der Waals surface area contributed by atoms with Crippen LogP contribution in [0.3, 0.4) is 0 Å². The lowest BCUT2D eigenvalue weighted by atomic mass is 10.0. The zero-order chi connectivity index (χ0) is 16.7. The lowest BCUT2D eigenvalue weighted by molar-refractivity contribution is 0.237. The molecule has 1 aromatic heterocycles. The number of unbranched alkanes of at least 4 members (excludes halogenated alkanes) is 1. The molecule has 0 aliphatic rings. The number of benzene rings is 1. The van der Waals surface area contributed by atoms with Gasteiger partial charge in [-0.15, -0.1) is 0 Å². The lowest BCUT2D eigenvalue weighted by Gasteiger charge is -2.21. The van der Waals surface area contributed by atoms with Gasteiger partial charge in [0.05, 0.1) is 7.11 Å². The number of hydrogen-bond acceptors (Lipinski definition) is 3. The van der Waals surface area contributed by atoms with E-state index in [9.17, 15) is 4.79 Å². The number of hydrogen-bond donors (Lipinski definition) is 2. The Bertz CT molecular complexity index is 639. The molecule has 0 radical (unpaired) electrons. The quantitative estimate of drug-likeness (QED) is 0.772. The summed E-state index contributed by atoms with van der Waals surface area (Å²) >= 11 is 0. The summed E-state index contributed by atoms with van der Waals surface area (Å²) in [4.78, 5) is 16.6. The highest BCUT2D eigenvalue weighted by atomic mass is 16.5. The number of nitrogens with zero attached hydrogens (tertiary/aromatic N) is 2. The smallest absolute Gasteiger partial charge is 0.315 e. The number of aryl methyl sites for hydroxylation is 1. The van der Waals surface area contributed by atoms with Crippen molar-refractivity contribution in [2.45, 2.75) is 25.8 Å². The van der Waals surface area contributed by atoms with Gasteiger partial charge in [-0.1, -0.05) is 31.5 Å². The lowest BCUT2D eigenvalue weighted by Crippen LogP contribution is -2.39. The summed E-state index contributed by atoms with van der Waals surface area (Å²) in [6, 6.07) is 7.04. The third kappa shape index (κ3) is 4.25. The summed E-state index contributed by atoms with van der Waals surface area (Å²) in [7, 11) is 3.52. The molecule has 2 amide bonds. The molecule has 0 spiro atoms. The molecule has 0 aliphatic carbocycles. The number of ether oxygens (including phenoxy) is 1. The van der Waals surface area contributed by atoms with E-state index in [1.165, 1.54) is 0 Å². The molecule has 1 heterocycles. The topological polar surface area (TPSA) is 68.2 Å². The van der Waals surface area contributed by atoms with Crippen LogP contribution in [0.15, 0.2) is 36.7 Å². The first-order chi connectivity index (χ1) is 11.2. The molecule has 124 valence electrons. The van der Waals surface area contributed by atoms with E-state index in [4.69, 9.17) is 4.74 Å². The van der Waals surface area contributed by atoms with Crippen molar-refractivity contribution >= 4 is 6.03 Å². The van der Waals surface area contributed by atoms with E-state index < -0.39 is 0 Å². The van der Waals surface area contributed by atoms with Crippen LogP contribution < -0.4 is 15.4 Å². The molecule has 0 saturated heterocycles. The van der Waals surface area contributed by atoms with Gasteiger partial charge in [0.2, 0.25) is 0 Å². The molecule has 6 nitrogen and oxygen atoms in total. The minimum Gasteiger partial charge on any atom is -0.496 e. The Balaban J connectivity index is 2.26. The van der Waals surface area contributed by atoms with E-state index in [2.05, 4.69) is 22.5 Å². The van der Waals surface area contributed by atoms with Crippen molar-refractivity contribution in [2.75, 3.05) is 13.7 Å². The Kier molecular flexibility index (Phi) is 6.02. The van der Waals surface area contributed by atoms with E-state index in [1.54, 1.807) is 13.3 Å². The number of carbonyl (C=O) groups is 1. The third-order valence-electron chi connectivity index (χ3n) is 3.66. The van der Waals surface area contributed by atoms with Gasteiger partial charge >= 0.3 is 6.03 Å². The molecule has 0 unspecified atom stereocenters. The first-order valence-electron chi connectivity index (χ1n) is 7.81. The van der Waals surface area contributed by atoms with Crippen LogP contribution in [-0.4, -0.2) is 29.2 Å². The molecule has 6 heteroatoms. The fourth-order valence-corrected chi connectivity index (χ4v) is 2.40. The van der Waals surface area contributed by atoms with Gasteiger partial charge in [0.25, 0.3) is 0 Å². The second-order valence-electron chi connectivity index (χ2n) is 5.33. The fourth-order valence-electron chi connectivity index (χ4n) is 2.40. The van der Waals surface area contributed by atoms with Crippen molar-refractivity contribution in [3.05, 3.63) is 48.0 Å². The molecule has 0 fully saturated rings. The van der Waals surface area contributed by atoms with Crippen LogP contribution in [-0.2, 0) is 7.05 Å². The molecular weight excluding hydrogens is 292 g/mol. The van der Waals surface area contributed by atoms with Crippen LogP contribution in [0.1, 0.15) is 37.2 Å². The average molecular weight is 316 g/mol. The number of carbonyl (C=O) groups excluding carboxylic acids is 1. The van der Waals surface area contributed by atoms with Crippen LogP contribution in [0, 0.1) is 0 Å². The van der Waals surface area contributed by atoms with Gasteiger partial charge in [-0.2, -0.15) is 0 Å². The minimum absolute atomic E-state index is 0.211. The highest BCUT2D eigenvalue weighted by Crippen LogP contribution is 2.28. The van der Waals surface area contributed by atoms with Gasteiger partial charge in [-0.05, 0) is 12.5 Å². The van der Waals surface area contributed by atoms with E-state index in [1.807, 2.05) is 42.1 Å². The Morgan fingerprint density at radius 2 is 2.17 bits per heavy atom. The Morgan fingerprint density at radius 1 is 1.39 bits per heavy atom. The summed E-state index contributed by atoms with van der Waals surface area (Å²) in [5.74, 6) is 1.47. The number of methoxy groups -OCH3 is 1. The van der Waals surface area contributed by atoms with Gasteiger partial charge in [-0.3, -0.25) is 0 Å². The highest BCUT2D eigenvalue weighted by Gasteiger charge is 2.23. The van der Waals surface area contributed by atoms with Gasteiger partial charge in [-0.25, -0.2) is 9.78 Å². The van der Waals surface area contributed by atoms with Crippen LogP contribution in [0.25, 0.3) is 0 Å². The largest absolute Gasteiger partial charge is 0.496 e. The second kappa shape index (κ2) is 8.22. The molecule has 2 N–H and O–H groups in total. The molecule has 0 bridgehead atoms. The predicted molar refractivity (Wildman–Crippen MR) is 89.5 cm³/mol. The summed E-state index contributed by atoms with van der Waals surface area (Å²) in [6.45, 7) is 2.74. The van der Waals surface area contributed by atoms with Crippen LogP contribution in [0.4, 0.5) is 4.79 Å². The van der Waals surface area contributed by atoms with Crippen molar-refractivity contribution in [1.82, 2.24) is 20.2 Å². The van der Waals surface area contributed by atoms with E-state index in [0.29, 0.717) is 12.3 Å². The van der Waals surface area contributed by atoms with Gasteiger partial charge in [0.1, 0.15) is 17.6 Å². The maximum Gasteiger partial charge on any atom is 0.315 e. The summed E-state index contributed by atoms with van der Waals surface area (Å²) in [5, 5.41) is 5.87. The maximum absolute atomic E-state index is 12.2. The number of para-hydroxylation sites is 1. The first-order valence-corrected chi connectivity index (χ1v) is 7.81. The van der Waals surface area contributed by atoms with Crippen molar-refractivity contribution in [3.8, 4) is 5.75 Å². The standard InChI is InChI=1S/C17H24N4O2/c1-4-5-10-19-17(22)20-15(16-18-11-12-21(16)2)13-8-6-7-9-14(13)23-3/h6-9,11-12,15H,4-5,10H2,1-3H3,(H2,19,20,22)/t15-/m0/s1. The number of urea groups is 1. The van der Waals surface area contributed by atoms with Gasteiger partial charge in [0.15, 0.2) is 0 Å². The molecule has 0 aliphatic heterocycles. The van der Waals surface area contributed by atoms with Crippen LogP contribution >= 0.6 is 0 Å². The zero-order valence-electron chi connectivity index (χ0n) is 13.9. The molecule has 2 aromatic rings. The van der Waals surface area contributed by atoms with Crippen LogP contribution in [0.5, 0.6) is 5.75 Å². The number of imidazole rings is 1. The number of aromatic nitrogens is 2. The number of amides is 2. The fraction of sp³-hybridized carbons (Fsp3) is 0.412. The highest BCUT2D eigenvalue weighted by molar-refractivity contribution is 5.75. The van der Waals surface area contributed by atoms with Gasteiger partial charge in [0, 0.05) is 31.5 Å². The van der Waals surface area contributed by atoms with Crippen molar-refractivity contribution in [1.29, 1.82) is 0 Å². The monoisotopic (exact) mass is 316 g/mol. The third-order valence-corrected chi connectivity index (χ3v) is 3.66. The average Bonchev–Trinajstić information content (AvgIpc) is 2.99. The zero-order valence-corrected chi connectivity index (χ0v) is 13.9. The Morgan fingerprint density at radius 3 is 2.83 bits per heavy atom. The predicted octanol–water partition coefficient (Wildman–Crippen LogP) is 2.62. The number of nitrogens with one attached hydrogen (secondary N) is 2. The summed E-state index contributed by atoms with van der Waals surface area (Å²) in [5.41, 5.74) is 0.870. The number of rotatable bonds is 7. The molecule has 1 aromatic carbocycles. The van der Waals surface area contributed by atoms with Gasteiger partial charge < -0.3 is 19.9 Å². The SMILES string of the molecule is CCCCNC(=O)N[C@@H](c1ccccc1OC)c1nccn1C. The minimum atomic E-state index is -0.382. The van der Waals surface area contributed by atoms with E-state index >= 15 is 0 Å². The second-order valence-corrected chi connectivity index (χ2v) is 5.33. The van der Waals surface area contributed by atoms with E-state index in [-0.39, 0.29) is 12.1 Å². The van der Waals surface area contributed by atoms with Crippen LogP contribution in [0.2, 0.25) is 0 Å². The molecule has 2 rings (SSSR count).